The van der Waals surface area contributed by atoms with E-state index >= 15 is 0 Å². The molecule has 0 aromatic heterocycles. The molecule has 0 fully saturated rings. The van der Waals surface area contributed by atoms with Crippen molar-refractivity contribution in [1.82, 2.24) is 10.2 Å². The third-order valence-electron chi connectivity index (χ3n) is 4.79. The molecule has 2 rings (SSSR count). The van der Waals surface area contributed by atoms with Gasteiger partial charge in [0.25, 0.3) is 5.91 Å². The Balaban J connectivity index is 2.25. The fourth-order valence-electron chi connectivity index (χ4n) is 3.11. The third-order valence-corrected chi connectivity index (χ3v) is 6.63. The van der Waals surface area contributed by atoms with E-state index < -0.39 is 11.6 Å². The number of carbonyl (C=O) groups is 2. The van der Waals surface area contributed by atoms with Gasteiger partial charge in [-0.3, -0.25) is 9.59 Å². The Labute approximate surface area is 208 Å². The number of hydrogen-bond donors (Lipinski definition) is 1. The summed E-state index contributed by atoms with van der Waals surface area (Å²) in [6, 6.07) is 8.06. The Morgan fingerprint density at radius 1 is 1.12 bits per heavy atom. The zero-order chi connectivity index (χ0) is 24.2. The first-order valence-electron chi connectivity index (χ1n) is 10.2. The molecule has 2 aromatic carbocycles. The number of rotatable bonds is 7. The van der Waals surface area contributed by atoms with Crippen molar-refractivity contribution in [3.63, 3.8) is 0 Å². The van der Waals surface area contributed by atoms with Gasteiger partial charge < -0.3 is 15.0 Å². The van der Waals surface area contributed by atoms with E-state index in [4.69, 9.17) is 27.9 Å². The summed E-state index contributed by atoms with van der Waals surface area (Å²) in [7, 11) is 0. The number of amides is 2. The summed E-state index contributed by atoms with van der Waals surface area (Å²) in [5.41, 5.74) is 2.28. The van der Waals surface area contributed by atoms with E-state index in [0.717, 1.165) is 15.6 Å². The second-order valence-corrected chi connectivity index (χ2v) is 10.5. The quantitative estimate of drug-likeness (QED) is 0.460. The maximum atomic E-state index is 13.2. The molecular formula is C24H29BrCl2N2O3. The monoisotopic (exact) mass is 542 g/mol. The lowest BCUT2D eigenvalue weighted by molar-refractivity contribution is -0.142. The van der Waals surface area contributed by atoms with Crippen LogP contribution >= 0.6 is 39.1 Å². The van der Waals surface area contributed by atoms with Crippen LogP contribution in [-0.4, -0.2) is 34.9 Å². The fourth-order valence-corrected chi connectivity index (χ4v) is 3.80. The average molecular weight is 544 g/mol. The lowest BCUT2D eigenvalue weighted by Crippen LogP contribution is -2.53. The molecule has 1 atom stereocenters. The van der Waals surface area contributed by atoms with Gasteiger partial charge in [-0.05, 0) is 82.5 Å². The van der Waals surface area contributed by atoms with Crippen molar-refractivity contribution in [3.8, 4) is 5.75 Å². The predicted octanol–water partition coefficient (Wildman–Crippen LogP) is 6.08. The van der Waals surface area contributed by atoms with Crippen molar-refractivity contribution < 1.29 is 14.3 Å². The Hall–Kier alpha value is -1.76. The minimum Gasteiger partial charge on any atom is -0.484 e. The van der Waals surface area contributed by atoms with Gasteiger partial charge in [0.2, 0.25) is 5.91 Å². The van der Waals surface area contributed by atoms with Crippen LogP contribution in [0.1, 0.15) is 44.4 Å². The van der Waals surface area contributed by atoms with Crippen LogP contribution < -0.4 is 10.1 Å². The molecule has 1 N–H and O–H groups in total. The highest BCUT2D eigenvalue weighted by Gasteiger charge is 2.29. The van der Waals surface area contributed by atoms with Crippen LogP contribution in [0.15, 0.2) is 34.8 Å². The van der Waals surface area contributed by atoms with Crippen molar-refractivity contribution in [3.05, 3.63) is 61.5 Å². The van der Waals surface area contributed by atoms with Crippen molar-refractivity contribution in [2.24, 2.45) is 0 Å². The van der Waals surface area contributed by atoms with E-state index in [-0.39, 0.29) is 25.0 Å². The van der Waals surface area contributed by atoms with Crippen LogP contribution in [0.4, 0.5) is 0 Å². The van der Waals surface area contributed by atoms with Crippen LogP contribution in [-0.2, 0) is 16.1 Å². The van der Waals surface area contributed by atoms with Crippen LogP contribution in [0.25, 0.3) is 0 Å². The molecule has 0 radical (unpaired) electrons. The second kappa shape index (κ2) is 10.9. The smallest absolute Gasteiger partial charge is 0.261 e. The summed E-state index contributed by atoms with van der Waals surface area (Å²) < 4.78 is 6.79. The number of halogens is 3. The molecule has 0 unspecified atom stereocenters. The molecular weight excluding hydrogens is 515 g/mol. The van der Waals surface area contributed by atoms with Crippen LogP contribution in [0, 0.1) is 13.8 Å². The van der Waals surface area contributed by atoms with Gasteiger partial charge >= 0.3 is 0 Å². The lowest BCUT2D eigenvalue weighted by Gasteiger charge is -2.31. The molecule has 2 amide bonds. The van der Waals surface area contributed by atoms with Gasteiger partial charge in [0, 0.05) is 26.6 Å². The molecule has 174 valence electrons. The van der Waals surface area contributed by atoms with E-state index in [2.05, 4.69) is 21.2 Å². The number of ether oxygens (including phenoxy) is 1. The number of nitrogens with zero attached hydrogens (tertiary/aromatic N) is 1. The van der Waals surface area contributed by atoms with Gasteiger partial charge in [-0.1, -0.05) is 45.2 Å². The Bertz CT molecular complexity index is 982. The zero-order valence-corrected chi connectivity index (χ0v) is 22.3. The molecule has 0 saturated carbocycles. The topological polar surface area (TPSA) is 58.6 Å². The van der Waals surface area contributed by atoms with Crippen molar-refractivity contribution >= 4 is 50.9 Å². The van der Waals surface area contributed by atoms with Crippen LogP contribution in [0.3, 0.4) is 0 Å². The van der Waals surface area contributed by atoms with E-state index in [0.29, 0.717) is 21.4 Å². The van der Waals surface area contributed by atoms with E-state index in [9.17, 15) is 9.59 Å². The first-order chi connectivity index (χ1) is 14.8. The second-order valence-electron chi connectivity index (χ2n) is 8.83. The fraction of sp³-hybridized carbons (Fsp3) is 0.417. The van der Waals surface area contributed by atoms with Crippen molar-refractivity contribution in [2.75, 3.05) is 6.61 Å². The maximum Gasteiger partial charge on any atom is 0.261 e. The minimum absolute atomic E-state index is 0.148. The number of nitrogens with one attached hydrogen (secondary N) is 1. The molecule has 2 aromatic rings. The molecule has 0 heterocycles. The first-order valence-corrected chi connectivity index (χ1v) is 11.8. The first kappa shape index (κ1) is 26.5. The molecule has 32 heavy (non-hydrogen) atoms. The highest BCUT2D eigenvalue weighted by Crippen LogP contribution is 2.27. The molecule has 0 aliphatic carbocycles. The standard InChI is InChI=1S/C24H29BrCl2N2O3/c1-14-9-19(10-15(2)22(14)25)32-13-21(30)29(16(3)23(31)28-24(4,5)6)12-17-7-8-18(26)11-20(17)27/h7-11,16H,12-13H2,1-6H3,(H,28,31)/t16-/m0/s1. The van der Waals surface area contributed by atoms with Gasteiger partial charge in [0.15, 0.2) is 6.61 Å². The summed E-state index contributed by atoms with van der Waals surface area (Å²) in [5, 5.41) is 3.85. The highest BCUT2D eigenvalue weighted by atomic mass is 79.9. The third kappa shape index (κ3) is 7.39. The van der Waals surface area contributed by atoms with E-state index in [1.165, 1.54) is 4.90 Å². The van der Waals surface area contributed by atoms with Crippen LogP contribution in [0.2, 0.25) is 10.0 Å². The zero-order valence-electron chi connectivity index (χ0n) is 19.2. The molecule has 0 spiro atoms. The predicted molar refractivity (Wildman–Crippen MR) is 133 cm³/mol. The molecule has 5 nitrogen and oxygen atoms in total. The minimum atomic E-state index is -0.731. The Morgan fingerprint density at radius 3 is 2.25 bits per heavy atom. The molecule has 0 bridgehead atoms. The van der Waals surface area contributed by atoms with Crippen LogP contribution in [0.5, 0.6) is 5.75 Å². The highest BCUT2D eigenvalue weighted by molar-refractivity contribution is 9.10. The summed E-state index contributed by atoms with van der Waals surface area (Å²) in [6.45, 7) is 11.2. The summed E-state index contributed by atoms with van der Waals surface area (Å²) in [5.74, 6) is 0.00453. The number of benzene rings is 2. The number of hydrogen-bond acceptors (Lipinski definition) is 3. The van der Waals surface area contributed by atoms with E-state index in [1.807, 2.05) is 46.8 Å². The van der Waals surface area contributed by atoms with Crippen molar-refractivity contribution in [1.29, 1.82) is 0 Å². The number of carbonyl (C=O) groups excluding carboxylic acids is 2. The summed E-state index contributed by atoms with van der Waals surface area (Å²) in [6.07, 6.45) is 0. The molecule has 8 heteroatoms. The van der Waals surface area contributed by atoms with Gasteiger partial charge in [0.1, 0.15) is 11.8 Å². The van der Waals surface area contributed by atoms with Gasteiger partial charge in [-0.25, -0.2) is 0 Å². The van der Waals surface area contributed by atoms with Crippen molar-refractivity contribution in [2.45, 2.75) is 59.7 Å². The largest absolute Gasteiger partial charge is 0.484 e. The summed E-state index contributed by atoms with van der Waals surface area (Å²) in [4.78, 5) is 27.5. The Morgan fingerprint density at radius 2 is 1.72 bits per heavy atom. The van der Waals surface area contributed by atoms with E-state index in [1.54, 1.807) is 25.1 Å². The van der Waals surface area contributed by atoms with Gasteiger partial charge in [-0.2, -0.15) is 0 Å². The average Bonchev–Trinajstić information content (AvgIpc) is 2.67. The summed E-state index contributed by atoms with van der Waals surface area (Å²) >= 11 is 15.9. The molecule has 0 aliphatic heterocycles. The normalized spacial score (nSPS) is 12.3. The SMILES string of the molecule is Cc1cc(OCC(=O)N(Cc2ccc(Cl)cc2Cl)[C@@H](C)C(=O)NC(C)(C)C)cc(C)c1Br. The molecule has 0 aliphatic rings. The lowest BCUT2D eigenvalue weighted by atomic mass is 10.1. The maximum absolute atomic E-state index is 13.2. The Kier molecular flexibility index (Phi) is 9.03. The van der Waals surface area contributed by atoms with Gasteiger partial charge in [0.05, 0.1) is 0 Å². The van der Waals surface area contributed by atoms with Gasteiger partial charge in [-0.15, -0.1) is 0 Å². The number of aryl methyl sites for hydroxylation is 2. The molecule has 0 saturated heterocycles.